The van der Waals surface area contributed by atoms with E-state index in [0.29, 0.717) is 41.4 Å². The van der Waals surface area contributed by atoms with Gasteiger partial charge in [0.05, 0.1) is 12.2 Å². The zero-order chi connectivity index (χ0) is 25.5. The molecule has 5 rings (SSSR count). The minimum Gasteiger partial charge on any atom is -0.393 e. The van der Waals surface area contributed by atoms with Gasteiger partial charge in [0.15, 0.2) is 0 Å². The first kappa shape index (κ1) is 26.9. The van der Waals surface area contributed by atoms with Gasteiger partial charge in [-0.3, -0.25) is 4.79 Å². The van der Waals surface area contributed by atoms with Crippen molar-refractivity contribution in [1.29, 1.82) is 0 Å². The molecule has 1 aliphatic heterocycles. The maximum Gasteiger partial charge on any atom is 0.220 e. The smallest absolute Gasteiger partial charge is 0.220 e. The van der Waals surface area contributed by atoms with Gasteiger partial charge in [-0.25, -0.2) is 0 Å². The SMILES string of the molecule is CC(CCC(=O)NCCN1CCCCC1)[C@H]1CCC2C3CCC4C[C@H](O)CC[C@]4(C)C3C[C@H](O)[C@@]21C. The summed E-state index contributed by atoms with van der Waals surface area (Å²) in [5, 5.41) is 25.2. The first-order chi connectivity index (χ1) is 17.2. The summed E-state index contributed by atoms with van der Waals surface area (Å²) in [5.41, 5.74) is 0.281. The minimum atomic E-state index is -0.237. The number of carbonyl (C=O) groups is 1. The van der Waals surface area contributed by atoms with Crippen LogP contribution in [0.15, 0.2) is 0 Å². The van der Waals surface area contributed by atoms with Gasteiger partial charge in [0.1, 0.15) is 0 Å². The summed E-state index contributed by atoms with van der Waals surface area (Å²) < 4.78 is 0. The van der Waals surface area contributed by atoms with Crippen molar-refractivity contribution < 1.29 is 15.0 Å². The molecule has 206 valence electrons. The van der Waals surface area contributed by atoms with Crippen molar-refractivity contribution in [2.24, 2.45) is 46.3 Å². The van der Waals surface area contributed by atoms with Gasteiger partial charge in [-0.15, -0.1) is 0 Å². The molecule has 5 nitrogen and oxygen atoms in total. The Morgan fingerprint density at radius 1 is 1.00 bits per heavy atom. The predicted molar refractivity (Wildman–Crippen MR) is 144 cm³/mol. The number of carbonyl (C=O) groups excluding carboxylic acids is 1. The van der Waals surface area contributed by atoms with E-state index in [1.807, 2.05) is 0 Å². The van der Waals surface area contributed by atoms with Crippen LogP contribution in [0.4, 0.5) is 0 Å². The number of aliphatic hydroxyl groups excluding tert-OH is 2. The molecule has 0 bridgehead atoms. The summed E-state index contributed by atoms with van der Waals surface area (Å²) in [6.45, 7) is 11.4. The number of nitrogens with one attached hydrogen (secondary N) is 1. The molecule has 0 aromatic carbocycles. The van der Waals surface area contributed by atoms with Crippen LogP contribution in [0.3, 0.4) is 0 Å². The van der Waals surface area contributed by atoms with Gasteiger partial charge < -0.3 is 20.4 Å². The Balaban J connectivity index is 1.16. The molecule has 4 aliphatic carbocycles. The fourth-order valence-electron chi connectivity index (χ4n) is 10.3. The van der Waals surface area contributed by atoms with E-state index in [1.165, 1.54) is 58.0 Å². The van der Waals surface area contributed by atoms with E-state index in [4.69, 9.17) is 0 Å². The Morgan fingerprint density at radius 2 is 1.78 bits per heavy atom. The number of likely N-dealkylation sites (tertiary alicyclic amines) is 1. The molecule has 0 aromatic heterocycles. The maximum absolute atomic E-state index is 12.6. The molecule has 5 heteroatoms. The van der Waals surface area contributed by atoms with Crippen molar-refractivity contribution in [3.63, 3.8) is 0 Å². The van der Waals surface area contributed by atoms with Crippen molar-refractivity contribution in [2.45, 2.75) is 116 Å². The monoisotopic (exact) mass is 502 g/mol. The molecule has 4 saturated carbocycles. The van der Waals surface area contributed by atoms with Gasteiger partial charge in [-0.2, -0.15) is 0 Å². The topological polar surface area (TPSA) is 72.8 Å². The quantitative estimate of drug-likeness (QED) is 0.458. The van der Waals surface area contributed by atoms with Crippen LogP contribution in [0.2, 0.25) is 0 Å². The van der Waals surface area contributed by atoms with Crippen molar-refractivity contribution in [3.05, 3.63) is 0 Å². The van der Waals surface area contributed by atoms with E-state index < -0.39 is 0 Å². The number of rotatable bonds is 7. The third-order valence-corrected chi connectivity index (χ3v) is 12.5. The largest absolute Gasteiger partial charge is 0.393 e. The third kappa shape index (κ3) is 4.91. The van der Waals surface area contributed by atoms with Gasteiger partial charge in [0.2, 0.25) is 5.91 Å². The molecule has 1 amide bonds. The summed E-state index contributed by atoms with van der Waals surface area (Å²) in [4.78, 5) is 15.1. The predicted octanol–water partition coefficient (Wildman–Crippen LogP) is 5.00. The Hall–Kier alpha value is -0.650. The first-order valence-corrected chi connectivity index (χ1v) is 15.6. The van der Waals surface area contributed by atoms with E-state index in [2.05, 4.69) is 31.0 Å². The van der Waals surface area contributed by atoms with Crippen LogP contribution in [0.5, 0.6) is 0 Å². The lowest BCUT2D eigenvalue weighted by atomic mass is 9.43. The van der Waals surface area contributed by atoms with Crippen LogP contribution in [0.25, 0.3) is 0 Å². The Labute approximate surface area is 220 Å². The number of aliphatic hydroxyl groups is 2. The molecule has 1 saturated heterocycles. The molecular formula is C31H54N2O3. The van der Waals surface area contributed by atoms with E-state index in [-0.39, 0.29) is 23.5 Å². The normalized spacial score (nSPS) is 45.9. The molecule has 0 radical (unpaired) electrons. The zero-order valence-electron chi connectivity index (χ0n) is 23.4. The fraction of sp³-hybridized carbons (Fsp3) is 0.968. The van der Waals surface area contributed by atoms with E-state index in [1.54, 1.807) is 0 Å². The summed E-state index contributed by atoms with van der Waals surface area (Å²) in [7, 11) is 0. The van der Waals surface area contributed by atoms with E-state index in [9.17, 15) is 15.0 Å². The maximum atomic E-state index is 12.6. The van der Waals surface area contributed by atoms with Crippen LogP contribution >= 0.6 is 0 Å². The second kappa shape index (κ2) is 10.8. The van der Waals surface area contributed by atoms with Crippen molar-refractivity contribution in [2.75, 3.05) is 26.2 Å². The standard InChI is InChI=1S/C31H54N2O3/c1-21(7-12-29(36)32-15-18-33-16-5-4-6-17-33)25-10-11-26-24-9-8-22-19-23(34)13-14-30(22,2)27(24)20-28(35)31(25,26)3/h21-28,34-35H,4-20H2,1-3H3,(H,32,36)/t21?,22?,23-,24?,25-,26?,27?,28+,30+,31-/m1/s1. The molecule has 36 heavy (non-hydrogen) atoms. The Kier molecular flexibility index (Phi) is 8.12. The average Bonchev–Trinajstić information content (AvgIpc) is 3.23. The van der Waals surface area contributed by atoms with Crippen LogP contribution in [-0.2, 0) is 4.79 Å². The summed E-state index contributed by atoms with van der Waals surface area (Å²) in [6.07, 6.45) is 14.1. The fourth-order valence-corrected chi connectivity index (χ4v) is 10.3. The average molecular weight is 503 g/mol. The highest BCUT2D eigenvalue weighted by atomic mass is 16.3. The van der Waals surface area contributed by atoms with Gasteiger partial charge in [0.25, 0.3) is 0 Å². The molecule has 0 spiro atoms. The van der Waals surface area contributed by atoms with E-state index in [0.717, 1.165) is 51.1 Å². The molecule has 5 unspecified atom stereocenters. The number of fused-ring (bicyclic) bond motifs is 5. The van der Waals surface area contributed by atoms with Gasteiger partial charge in [-0.1, -0.05) is 27.2 Å². The second-order valence-corrected chi connectivity index (χ2v) is 14.2. The van der Waals surface area contributed by atoms with Crippen LogP contribution in [0.1, 0.15) is 104 Å². The number of amides is 1. The van der Waals surface area contributed by atoms with Crippen LogP contribution in [-0.4, -0.2) is 59.4 Å². The summed E-state index contributed by atoms with van der Waals surface area (Å²) >= 11 is 0. The molecule has 10 atom stereocenters. The molecule has 5 aliphatic rings. The third-order valence-electron chi connectivity index (χ3n) is 12.5. The second-order valence-electron chi connectivity index (χ2n) is 14.2. The highest BCUT2D eigenvalue weighted by Gasteiger charge is 2.63. The van der Waals surface area contributed by atoms with Crippen molar-refractivity contribution in [3.8, 4) is 0 Å². The molecule has 3 N–H and O–H groups in total. The van der Waals surface area contributed by atoms with Gasteiger partial charge in [-0.05, 0) is 130 Å². The Morgan fingerprint density at radius 3 is 2.56 bits per heavy atom. The molecule has 5 fully saturated rings. The molecule has 0 aromatic rings. The molecule has 1 heterocycles. The lowest BCUT2D eigenvalue weighted by molar-refractivity contribution is -0.174. The highest BCUT2D eigenvalue weighted by molar-refractivity contribution is 5.75. The van der Waals surface area contributed by atoms with Gasteiger partial charge >= 0.3 is 0 Å². The number of hydrogen-bond donors (Lipinski definition) is 3. The van der Waals surface area contributed by atoms with Crippen LogP contribution < -0.4 is 5.32 Å². The summed E-state index contributed by atoms with van der Waals surface area (Å²) in [6, 6.07) is 0. The first-order valence-electron chi connectivity index (χ1n) is 15.6. The number of hydrogen-bond acceptors (Lipinski definition) is 4. The number of nitrogens with zero attached hydrogens (tertiary/aromatic N) is 1. The van der Waals surface area contributed by atoms with Crippen LogP contribution in [0, 0.1) is 46.3 Å². The lowest BCUT2D eigenvalue weighted by Gasteiger charge is -2.62. The Bertz CT molecular complexity index is 769. The van der Waals surface area contributed by atoms with E-state index >= 15 is 0 Å². The minimum absolute atomic E-state index is 0.0112. The zero-order valence-corrected chi connectivity index (χ0v) is 23.4. The van der Waals surface area contributed by atoms with Gasteiger partial charge in [0, 0.05) is 19.5 Å². The highest BCUT2D eigenvalue weighted by Crippen LogP contribution is 2.68. The lowest BCUT2D eigenvalue weighted by Crippen LogP contribution is -2.58. The number of piperidine rings is 1. The summed E-state index contributed by atoms with van der Waals surface area (Å²) in [5.74, 6) is 3.76. The molecular weight excluding hydrogens is 448 g/mol. The van der Waals surface area contributed by atoms with Crippen molar-refractivity contribution in [1.82, 2.24) is 10.2 Å². The van der Waals surface area contributed by atoms with Crippen molar-refractivity contribution >= 4 is 5.91 Å².